The van der Waals surface area contributed by atoms with Crippen LogP contribution in [-0.4, -0.2) is 16.0 Å². The predicted octanol–water partition coefficient (Wildman–Crippen LogP) is 5.03. The van der Waals surface area contributed by atoms with E-state index in [9.17, 15) is 4.79 Å². The predicted molar refractivity (Wildman–Crippen MR) is 102 cm³/mol. The van der Waals surface area contributed by atoms with Crippen molar-refractivity contribution in [3.05, 3.63) is 77.5 Å². The number of rotatable bonds is 4. The van der Waals surface area contributed by atoms with Crippen molar-refractivity contribution >= 4 is 22.9 Å². The van der Waals surface area contributed by atoms with Crippen molar-refractivity contribution in [1.29, 1.82) is 0 Å². The van der Waals surface area contributed by atoms with Gasteiger partial charge in [-0.05, 0) is 19.1 Å². The molecule has 0 aliphatic carbocycles. The van der Waals surface area contributed by atoms with E-state index in [0.717, 1.165) is 21.8 Å². The number of nitrogens with zero attached hydrogens (tertiary/aromatic N) is 2. The van der Waals surface area contributed by atoms with Crippen molar-refractivity contribution < 1.29 is 9.32 Å². The molecule has 6 heteroatoms. The SMILES string of the molecule is Cc1cc(C(=O)Nc2ccc(-c3csc(-c4ccccc4)n3)cc2)no1. The second-order valence-corrected chi connectivity index (χ2v) is 6.62. The minimum atomic E-state index is -0.297. The average Bonchev–Trinajstić information content (AvgIpc) is 3.32. The largest absolute Gasteiger partial charge is 0.361 e. The molecule has 0 fully saturated rings. The summed E-state index contributed by atoms with van der Waals surface area (Å²) in [5.41, 5.74) is 3.98. The van der Waals surface area contributed by atoms with Crippen LogP contribution in [0.2, 0.25) is 0 Å². The van der Waals surface area contributed by atoms with Gasteiger partial charge in [-0.1, -0.05) is 47.6 Å². The average molecular weight is 361 g/mol. The summed E-state index contributed by atoms with van der Waals surface area (Å²) < 4.78 is 4.92. The Morgan fingerprint density at radius 3 is 2.50 bits per heavy atom. The maximum absolute atomic E-state index is 12.1. The second-order valence-electron chi connectivity index (χ2n) is 5.76. The van der Waals surface area contributed by atoms with Gasteiger partial charge < -0.3 is 9.84 Å². The molecule has 0 unspecified atom stereocenters. The van der Waals surface area contributed by atoms with Gasteiger partial charge >= 0.3 is 0 Å². The molecule has 2 aromatic heterocycles. The highest BCUT2D eigenvalue weighted by molar-refractivity contribution is 7.13. The molecule has 26 heavy (non-hydrogen) atoms. The second kappa shape index (κ2) is 6.93. The minimum Gasteiger partial charge on any atom is -0.361 e. The van der Waals surface area contributed by atoms with E-state index in [4.69, 9.17) is 9.51 Å². The van der Waals surface area contributed by atoms with Crippen molar-refractivity contribution in [2.75, 3.05) is 5.32 Å². The molecule has 0 spiro atoms. The van der Waals surface area contributed by atoms with Gasteiger partial charge in [0.25, 0.3) is 5.91 Å². The topological polar surface area (TPSA) is 68.0 Å². The van der Waals surface area contributed by atoms with Crippen molar-refractivity contribution in [3.8, 4) is 21.8 Å². The highest BCUT2D eigenvalue weighted by Gasteiger charge is 2.11. The summed E-state index contributed by atoms with van der Waals surface area (Å²) in [5, 5.41) is 9.54. The highest BCUT2D eigenvalue weighted by Crippen LogP contribution is 2.29. The summed E-state index contributed by atoms with van der Waals surface area (Å²) in [6, 6.07) is 19.3. The Hall–Kier alpha value is -3.25. The molecule has 4 rings (SSSR count). The molecule has 0 bridgehead atoms. The van der Waals surface area contributed by atoms with Gasteiger partial charge in [0.05, 0.1) is 5.69 Å². The molecule has 5 nitrogen and oxygen atoms in total. The van der Waals surface area contributed by atoms with Gasteiger partial charge in [-0.15, -0.1) is 11.3 Å². The van der Waals surface area contributed by atoms with E-state index in [-0.39, 0.29) is 11.6 Å². The van der Waals surface area contributed by atoms with Crippen LogP contribution in [0, 0.1) is 6.92 Å². The van der Waals surface area contributed by atoms with Crippen molar-refractivity contribution in [2.45, 2.75) is 6.92 Å². The van der Waals surface area contributed by atoms with Gasteiger partial charge in [0.15, 0.2) is 5.69 Å². The van der Waals surface area contributed by atoms with Crippen molar-refractivity contribution in [3.63, 3.8) is 0 Å². The Morgan fingerprint density at radius 1 is 1.04 bits per heavy atom. The third-order valence-electron chi connectivity index (χ3n) is 3.82. The highest BCUT2D eigenvalue weighted by atomic mass is 32.1. The van der Waals surface area contributed by atoms with E-state index in [1.165, 1.54) is 0 Å². The van der Waals surface area contributed by atoms with Gasteiger partial charge in [-0.3, -0.25) is 4.79 Å². The van der Waals surface area contributed by atoms with E-state index in [1.807, 2.05) is 60.0 Å². The molecular formula is C20H15N3O2S. The third-order valence-corrected chi connectivity index (χ3v) is 4.72. The molecule has 0 saturated heterocycles. The number of carbonyl (C=O) groups is 1. The van der Waals surface area contributed by atoms with Crippen LogP contribution in [0.25, 0.3) is 21.8 Å². The number of aryl methyl sites for hydroxylation is 1. The fourth-order valence-electron chi connectivity index (χ4n) is 2.51. The maximum Gasteiger partial charge on any atom is 0.277 e. The fraction of sp³-hybridized carbons (Fsp3) is 0.0500. The van der Waals surface area contributed by atoms with Gasteiger partial charge in [-0.2, -0.15) is 0 Å². The van der Waals surface area contributed by atoms with Gasteiger partial charge in [0.2, 0.25) is 0 Å². The summed E-state index contributed by atoms with van der Waals surface area (Å²) in [4.78, 5) is 16.8. The number of thiazole rings is 1. The quantitative estimate of drug-likeness (QED) is 0.554. The summed E-state index contributed by atoms with van der Waals surface area (Å²) in [6.45, 7) is 1.75. The lowest BCUT2D eigenvalue weighted by Gasteiger charge is -2.04. The maximum atomic E-state index is 12.1. The zero-order valence-corrected chi connectivity index (χ0v) is 14.8. The molecule has 128 valence electrons. The first-order valence-corrected chi connectivity index (χ1v) is 8.93. The van der Waals surface area contributed by atoms with E-state index in [1.54, 1.807) is 24.3 Å². The Morgan fingerprint density at radius 2 is 1.81 bits per heavy atom. The lowest BCUT2D eigenvalue weighted by molar-refractivity contribution is 0.101. The Labute approximate surface area is 154 Å². The van der Waals surface area contributed by atoms with Gasteiger partial charge in [0, 0.05) is 28.3 Å². The lowest BCUT2D eigenvalue weighted by Crippen LogP contribution is -2.11. The van der Waals surface area contributed by atoms with E-state index < -0.39 is 0 Å². The number of benzene rings is 2. The Kier molecular flexibility index (Phi) is 4.33. The van der Waals surface area contributed by atoms with E-state index in [0.29, 0.717) is 11.4 Å². The van der Waals surface area contributed by atoms with Crippen molar-refractivity contribution in [2.24, 2.45) is 0 Å². The number of amides is 1. The molecule has 0 aliphatic rings. The molecule has 4 aromatic rings. The molecule has 2 aromatic carbocycles. The summed E-state index contributed by atoms with van der Waals surface area (Å²) in [5.74, 6) is 0.304. The standard InChI is InChI=1S/C20H15N3O2S/c1-13-11-17(23-25-13)19(24)21-16-9-7-14(8-10-16)18-12-26-20(22-18)15-5-3-2-4-6-15/h2-12H,1H3,(H,21,24). The van der Waals surface area contributed by atoms with Crippen LogP contribution < -0.4 is 5.32 Å². The molecule has 2 heterocycles. The van der Waals surface area contributed by atoms with E-state index in [2.05, 4.69) is 10.5 Å². The molecule has 0 radical (unpaired) electrons. The third kappa shape index (κ3) is 3.41. The Balaban J connectivity index is 1.49. The minimum absolute atomic E-state index is 0.263. The molecular weight excluding hydrogens is 346 g/mol. The zero-order valence-electron chi connectivity index (χ0n) is 14.0. The van der Waals surface area contributed by atoms with Gasteiger partial charge in [-0.25, -0.2) is 4.98 Å². The number of hydrogen-bond acceptors (Lipinski definition) is 5. The van der Waals surface area contributed by atoms with E-state index >= 15 is 0 Å². The summed E-state index contributed by atoms with van der Waals surface area (Å²) in [6.07, 6.45) is 0. The van der Waals surface area contributed by atoms with Crippen LogP contribution in [0.1, 0.15) is 16.2 Å². The Bertz CT molecular complexity index is 1040. The summed E-state index contributed by atoms with van der Waals surface area (Å²) in [7, 11) is 0. The van der Waals surface area contributed by atoms with Gasteiger partial charge in [0.1, 0.15) is 10.8 Å². The molecule has 0 aliphatic heterocycles. The lowest BCUT2D eigenvalue weighted by atomic mass is 10.1. The number of hydrogen-bond donors (Lipinski definition) is 1. The van der Waals surface area contributed by atoms with Crippen LogP contribution >= 0.6 is 11.3 Å². The molecule has 0 atom stereocenters. The smallest absolute Gasteiger partial charge is 0.277 e. The van der Waals surface area contributed by atoms with Crippen LogP contribution in [0.3, 0.4) is 0 Å². The number of nitrogens with one attached hydrogen (secondary N) is 1. The monoisotopic (exact) mass is 361 g/mol. The van der Waals surface area contributed by atoms with Crippen LogP contribution in [0.5, 0.6) is 0 Å². The molecule has 1 amide bonds. The molecule has 1 N–H and O–H groups in total. The van der Waals surface area contributed by atoms with Crippen LogP contribution in [0.4, 0.5) is 5.69 Å². The van der Waals surface area contributed by atoms with Crippen LogP contribution in [-0.2, 0) is 0 Å². The van der Waals surface area contributed by atoms with Crippen LogP contribution in [0.15, 0.2) is 70.6 Å². The first-order valence-electron chi connectivity index (χ1n) is 8.05. The fourth-order valence-corrected chi connectivity index (χ4v) is 3.35. The zero-order chi connectivity index (χ0) is 17.9. The normalized spacial score (nSPS) is 10.7. The number of anilines is 1. The molecule has 0 saturated carbocycles. The number of aromatic nitrogens is 2. The first-order chi connectivity index (χ1) is 12.7. The van der Waals surface area contributed by atoms with Crippen molar-refractivity contribution in [1.82, 2.24) is 10.1 Å². The number of carbonyl (C=O) groups excluding carboxylic acids is 1. The first kappa shape index (κ1) is 16.2. The summed E-state index contributed by atoms with van der Waals surface area (Å²) >= 11 is 1.61.